The van der Waals surface area contributed by atoms with Crippen molar-refractivity contribution in [3.8, 4) is 0 Å². The van der Waals surface area contributed by atoms with Crippen LogP contribution >= 0.6 is 0 Å². The molecule has 0 fully saturated rings. The summed E-state index contributed by atoms with van der Waals surface area (Å²) in [7, 11) is -3.67. The van der Waals surface area contributed by atoms with Gasteiger partial charge >= 0.3 is 6.09 Å². The minimum absolute atomic E-state index is 0.0760. The van der Waals surface area contributed by atoms with Crippen LogP contribution in [0.25, 0.3) is 0 Å². The summed E-state index contributed by atoms with van der Waals surface area (Å²) in [5.41, 5.74) is -0.689. The Kier molecular flexibility index (Phi) is 5.75. The van der Waals surface area contributed by atoms with E-state index in [1.165, 1.54) is 6.92 Å². The zero-order chi connectivity index (χ0) is 14.6. The number of amides is 1. The molecule has 0 aromatic carbocycles. The van der Waals surface area contributed by atoms with E-state index in [9.17, 15) is 18.0 Å². The Morgan fingerprint density at radius 3 is 2.17 bits per heavy atom. The van der Waals surface area contributed by atoms with Crippen LogP contribution in [0, 0.1) is 0 Å². The van der Waals surface area contributed by atoms with E-state index >= 15 is 0 Å². The number of nitrogens with one attached hydrogen (secondary N) is 1. The van der Waals surface area contributed by atoms with Crippen molar-refractivity contribution in [2.24, 2.45) is 5.14 Å². The van der Waals surface area contributed by atoms with Crippen molar-refractivity contribution in [2.45, 2.75) is 45.8 Å². The van der Waals surface area contributed by atoms with Gasteiger partial charge < -0.3 is 10.1 Å². The van der Waals surface area contributed by atoms with Gasteiger partial charge in [-0.1, -0.05) is 0 Å². The van der Waals surface area contributed by atoms with E-state index in [-0.39, 0.29) is 18.0 Å². The Bertz CT molecular complexity index is 410. The Balaban J connectivity index is 4.46. The van der Waals surface area contributed by atoms with Crippen LogP contribution in [0.1, 0.15) is 34.1 Å². The summed E-state index contributed by atoms with van der Waals surface area (Å²) in [5.74, 6) is -0.739. The largest absolute Gasteiger partial charge is 0.444 e. The second-order valence-corrected chi connectivity index (χ2v) is 6.70. The van der Waals surface area contributed by atoms with E-state index in [4.69, 9.17) is 9.88 Å². The topological polar surface area (TPSA) is 116 Å². The molecule has 7 nitrogen and oxygen atoms in total. The van der Waals surface area contributed by atoms with Gasteiger partial charge in [0.1, 0.15) is 5.60 Å². The molecule has 0 aliphatic heterocycles. The lowest BCUT2D eigenvalue weighted by atomic mass is 10.1. The fourth-order valence-corrected chi connectivity index (χ4v) is 1.67. The molecule has 0 aliphatic carbocycles. The fourth-order valence-electron chi connectivity index (χ4n) is 1.11. The number of carbonyl (C=O) groups is 2. The predicted molar refractivity (Wildman–Crippen MR) is 66.4 cm³/mol. The molecule has 0 rings (SSSR count). The maximum Gasteiger partial charge on any atom is 0.408 e. The monoisotopic (exact) mass is 280 g/mol. The van der Waals surface area contributed by atoms with E-state index in [2.05, 4.69) is 5.32 Å². The smallest absolute Gasteiger partial charge is 0.408 e. The molecular formula is C10H20N2O5S. The average Bonchev–Trinajstić information content (AvgIpc) is 2.06. The molecular weight excluding hydrogens is 260 g/mol. The van der Waals surface area contributed by atoms with Gasteiger partial charge in [-0.2, -0.15) is 0 Å². The minimum atomic E-state index is -3.67. The second kappa shape index (κ2) is 6.14. The molecule has 0 heterocycles. The maximum atomic E-state index is 11.4. The third-order valence-corrected chi connectivity index (χ3v) is 2.68. The first-order valence-electron chi connectivity index (χ1n) is 5.41. The molecule has 3 N–H and O–H groups in total. The Labute approximate surface area is 107 Å². The predicted octanol–water partition coefficient (Wildman–Crippen LogP) is 0.147. The molecule has 1 amide bonds. The first-order chi connectivity index (χ1) is 7.91. The number of hydrogen-bond acceptors (Lipinski definition) is 5. The van der Waals surface area contributed by atoms with Crippen LogP contribution in [0.2, 0.25) is 0 Å². The highest BCUT2D eigenvalue weighted by Crippen LogP contribution is 2.07. The van der Waals surface area contributed by atoms with Gasteiger partial charge in [0.05, 0.1) is 11.8 Å². The number of hydrogen-bond donors (Lipinski definition) is 2. The van der Waals surface area contributed by atoms with Gasteiger partial charge in [-0.15, -0.1) is 0 Å². The minimum Gasteiger partial charge on any atom is -0.444 e. The molecule has 0 spiro atoms. The van der Waals surface area contributed by atoms with Gasteiger partial charge in [0.25, 0.3) is 0 Å². The van der Waals surface area contributed by atoms with Crippen LogP contribution in [-0.2, 0) is 19.6 Å². The third-order valence-electron chi connectivity index (χ3n) is 1.87. The average molecular weight is 280 g/mol. The van der Waals surface area contributed by atoms with Gasteiger partial charge in [0.15, 0.2) is 5.78 Å². The van der Waals surface area contributed by atoms with E-state index in [0.29, 0.717) is 0 Å². The van der Waals surface area contributed by atoms with Crippen molar-refractivity contribution >= 4 is 21.9 Å². The van der Waals surface area contributed by atoms with E-state index < -0.39 is 27.8 Å². The molecule has 8 heteroatoms. The number of alkyl carbamates (subject to hydrolysis) is 1. The normalized spacial score (nSPS) is 13.8. The third kappa shape index (κ3) is 8.94. The highest BCUT2D eigenvalue weighted by molar-refractivity contribution is 7.89. The fraction of sp³-hybridized carbons (Fsp3) is 0.800. The molecule has 0 aliphatic rings. The number of ketones is 1. The second-order valence-electron chi connectivity index (χ2n) is 4.97. The van der Waals surface area contributed by atoms with E-state index in [1.54, 1.807) is 20.8 Å². The van der Waals surface area contributed by atoms with Gasteiger partial charge in [0.2, 0.25) is 10.0 Å². The summed E-state index contributed by atoms with van der Waals surface area (Å²) < 4.78 is 26.6. The van der Waals surface area contributed by atoms with Crippen molar-refractivity contribution in [3.05, 3.63) is 0 Å². The van der Waals surface area contributed by atoms with E-state index in [1.807, 2.05) is 0 Å². The van der Waals surface area contributed by atoms with Crippen molar-refractivity contribution < 1.29 is 22.7 Å². The number of Topliss-reactive ketones (excluding diaryl/α,β-unsaturated/α-hetero) is 1. The molecule has 1 atom stereocenters. The van der Waals surface area contributed by atoms with Crippen LogP contribution in [0.4, 0.5) is 4.79 Å². The molecule has 0 aromatic heterocycles. The number of sulfonamides is 1. The highest BCUT2D eigenvalue weighted by Gasteiger charge is 2.23. The number of rotatable bonds is 5. The first-order valence-corrected chi connectivity index (χ1v) is 7.13. The van der Waals surface area contributed by atoms with E-state index in [0.717, 1.165) is 0 Å². The molecule has 106 valence electrons. The SMILES string of the molecule is CC(=O)C(CCS(N)(=O)=O)NC(=O)OC(C)(C)C. The zero-order valence-electron chi connectivity index (χ0n) is 11.0. The van der Waals surface area contributed by atoms with Crippen LogP contribution in [-0.4, -0.2) is 37.7 Å². The van der Waals surface area contributed by atoms with Crippen molar-refractivity contribution in [1.29, 1.82) is 0 Å². The lowest BCUT2D eigenvalue weighted by Gasteiger charge is -2.22. The van der Waals surface area contributed by atoms with Gasteiger partial charge in [-0.05, 0) is 34.1 Å². The summed E-state index contributed by atoms with van der Waals surface area (Å²) in [6.07, 6.45) is -0.843. The van der Waals surface area contributed by atoms with Gasteiger partial charge in [0, 0.05) is 0 Å². The number of primary sulfonamides is 1. The Hall–Kier alpha value is -1.15. The summed E-state index contributed by atoms with van der Waals surface area (Å²) >= 11 is 0. The van der Waals surface area contributed by atoms with Crippen LogP contribution in [0.15, 0.2) is 0 Å². The molecule has 1 unspecified atom stereocenters. The Morgan fingerprint density at radius 2 is 1.83 bits per heavy atom. The van der Waals surface area contributed by atoms with Gasteiger partial charge in [-0.25, -0.2) is 18.4 Å². The quantitative estimate of drug-likeness (QED) is 0.743. The van der Waals surface area contributed by atoms with Crippen molar-refractivity contribution in [3.63, 3.8) is 0 Å². The standard InChI is InChI=1S/C10H20N2O5S/c1-7(13)8(5-6-18(11,15)16)12-9(14)17-10(2,3)4/h8H,5-6H2,1-4H3,(H,12,14)(H2,11,15,16). The maximum absolute atomic E-state index is 11.4. The van der Waals surface area contributed by atoms with Crippen LogP contribution in [0.5, 0.6) is 0 Å². The van der Waals surface area contributed by atoms with Crippen molar-refractivity contribution in [2.75, 3.05) is 5.75 Å². The first kappa shape index (κ1) is 16.9. The summed E-state index contributed by atoms with van der Waals surface area (Å²) in [4.78, 5) is 22.7. The molecule has 0 bridgehead atoms. The van der Waals surface area contributed by atoms with Crippen LogP contribution in [0.3, 0.4) is 0 Å². The molecule has 0 radical (unpaired) electrons. The lowest BCUT2D eigenvalue weighted by molar-refractivity contribution is -0.119. The number of carbonyl (C=O) groups excluding carboxylic acids is 2. The number of nitrogens with two attached hydrogens (primary N) is 1. The lowest BCUT2D eigenvalue weighted by Crippen LogP contribution is -2.43. The molecule has 0 aromatic rings. The molecule has 0 saturated carbocycles. The summed E-state index contributed by atoms with van der Waals surface area (Å²) in [6.45, 7) is 6.30. The molecule has 18 heavy (non-hydrogen) atoms. The number of ether oxygens (including phenoxy) is 1. The Morgan fingerprint density at radius 1 is 1.33 bits per heavy atom. The molecule has 0 saturated heterocycles. The highest BCUT2D eigenvalue weighted by atomic mass is 32.2. The zero-order valence-corrected chi connectivity index (χ0v) is 11.8. The summed E-state index contributed by atoms with van der Waals surface area (Å²) in [6, 6.07) is -0.918. The summed E-state index contributed by atoms with van der Waals surface area (Å²) in [5, 5.41) is 7.15. The van der Waals surface area contributed by atoms with Crippen LogP contribution < -0.4 is 10.5 Å². The van der Waals surface area contributed by atoms with Crippen molar-refractivity contribution in [1.82, 2.24) is 5.32 Å². The van der Waals surface area contributed by atoms with Gasteiger partial charge in [-0.3, -0.25) is 4.79 Å².